The van der Waals surface area contributed by atoms with E-state index in [2.05, 4.69) is 82.2 Å². The van der Waals surface area contributed by atoms with Crippen LogP contribution >= 0.6 is 0 Å². The van der Waals surface area contributed by atoms with Crippen molar-refractivity contribution in [1.82, 2.24) is 10.1 Å². The normalized spacial score (nSPS) is 12.3. The van der Waals surface area contributed by atoms with Crippen molar-refractivity contribution in [2.45, 2.75) is 25.7 Å². The molecule has 7 nitrogen and oxygen atoms in total. The number of hydrogen-bond acceptors (Lipinski definition) is 5. The van der Waals surface area contributed by atoms with E-state index >= 15 is 0 Å². The minimum atomic E-state index is -1.83. The largest absolute Gasteiger partial charge is 0.503 e. The van der Waals surface area contributed by atoms with Gasteiger partial charge < -0.3 is 20.1 Å². The molecule has 5 aromatic rings. The molecule has 2 aromatic heterocycles. The molecular weight excluding hydrogens is 478 g/mol. The standard InChI is InChI=1S/C30H25N3O.CH2O3/c1-20-29(32-28-6-2-4-26(18-28)27-5-3-17-31-19-27)30(34-33-20)25-15-13-24(14-16-25)23-11-9-22(10-12-23)21-7-8-21;2-1(3)4/h2-6,9-19,21,32H,7-8H2,1H3;(H2,2,3,4). The molecule has 0 spiro atoms. The van der Waals surface area contributed by atoms with Crippen LogP contribution in [-0.2, 0) is 0 Å². The highest BCUT2D eigenvalue weighted by molar-refractivity contribution is 5.81. The second kappa shape index (κ2) is 11.0. The summed E-state index contributed by atoms with van der Waals surface area (Å²) in [5.74, 6) is 1.52. The monoisotopic (exact) mass is 505 g/mol. The lowest BCUT2D eigenvalue weighted by Crippen LogP contribution is -1.93. The molecule has 0 radical (unpaired) electrons. The van der Waals surface area contributed by atoms with Crippen LogP contribution in [0.5, 0.6) is 0 Å². The molecule has 0 atom stereocenters. The van der Waals surface area contributed by atoms with Crippen LogP contribution in [0.1, 0.15) is 30.0 Å². The second-order valence-corrected chi connectivity index (χ2v) is 9.18. The van der Waals surface area contributed by atoms with E-state index in [0.29, 0.717) is 0 Å². The van der Waals surface area contributed by atoms with Gasteiger partial charge in [-0.2, -0.15) is 0 Å². The lowest BCUT2D eigenvalue weighted by molar-refractivity contribution is 0.137. The SMILES string of the molecule is Cc1noc(-c2ccc(-c3ccc(C4CC4)cc3)cc2)c1Nc1cccc(-c2cccnc2)c1.O=C(O)O. The minimum absolute atomic E-state index is 0.736. The number of nitrogens with zero attached hydrogens (tertiary/aromatic N) is 2. The number of carboxylic acid groups (broad SMARTS) is 2. The second-order valence-electron chi connectivity index (χ2n) is 9.18. The van der Waals surface area contributed by atoms with Crippen LogP contribution in [0.2, 0.25) is 0 Å². The highest BCUT2D eigenvalue weighted by atomic mass is 16.6. The van der Waals surface area contributed by atoms with E-state index in [4.69, 9.17) is 19.5 Å². The molecule has 1 saturated carbocycles. The summed E-state index contributed by atoms with van der Waals surface area (Å²) < 4.78 is 5.74. The van der Waals surface area contributed by atoms with Gasteiger partial charge in [0.2, 0.25) is 0 Å². The van der Waals surface area contributed by atoms with Gasteiger partial charge in [-0.1, -0.05) is 71.9 Å². The van der Waals surface area contributed by atoms with Gasteiger partial charge in [-0.3, -0.25) is 4.98 Å². The minimum Gasteiger partial charge on any atom is -0.450 e. The number of carbonyl (C=O) groups is 1. The van der Waals surface area contributed by atoms with Gasteiger partial charge in [0.05, 0.1) is 0 Å². The summed E-state index contributed by atoms with van der Waals surface area (Å²) in [7, 11) is 0. The summed E-state index contributed by atoms with van der Waals surface area (Å²) in [4.78, 5) is 12.8. The average molecular weight is 506 g/mol. The summed E-state index contributed by atoms with van der Waals surface area (Å²) >= 11 is 0. The fraction of sp³-hybridized carbons (Fsp3) is 0.129. The average Bonchev–Trinajstić information content (AvgIpc) is 3.73. The van der Waals surface area contributed by atoms with Crippen LogP contribution in [0, 0.1) is 6.92 Å². The number of anilines is 2. The number of hydrogen-bond donors (Lipinski definition) is 3. The van der Waals surface area contributed by atoms with Gasteiger partial charge in [0.15, 0.2) is 5.76 Å². The van der Waals surface area contributed by atoms with Gasteiger partial charge >= 0.3 is 6.16 Å². The maximum absolute atomic E-state index is 8.56. The van der Waals surface area contributed by atoms with Crippen molar-refractivity contribution in [3.8, 4) is 33.6 Å². The van der Waals surface area contributed by atoms with Gasteiger partial charge in [0.1, 0.15) is 11.4 Å². The number of rotatable bonds is 6. The number of benzene rings is 3. The smallest absolute Gasteiger partial charge is 0.450 e. The van der Waals surface area contributed by atoms with Crippen molar-refractivity contribution in [2.75, 3.05) is 5.32 Å². The lowest BCUT2D eigenvalue weighted by atomic mass is 10.0. The lowest BCUT2D eigenvalue weighted by Gasteiger charge is -2.10. The van der Waals surface area contributed by atoms with Crippen LogP contribution in [-0.4, -0.2) is 26.5 Å². The Hall–Kier alpha value is -4.91. The Labute approximate surface area is 220 Å². The van der Waals surface area contributed by atoms with Crippen molar-refractivity contribution < 1.29 is 19.5 Å². The van der Waals surface area contributed by atoms with Gasteiger partial charge in [-0.25, -0.2) is 4.79 Å². The third-order valence-electron chi connectivity index (χ3n) is 6.43. The third-order valence-corrected chi connectivity index (χ3v) is 6.43. The Morgan fingerprint density at radius 1 is 0.842 bits per heavy atom. The van der Waals surface area contributed by atoms with Gasteiger partial charge in [-0.15, -0.1) is 0 Å². The van der Waals surface area contributed by atoms with Gasteiger partial charge in [-0.05, 0) is 66.1 Å². The molecule has 0 aliphatic heterocycles. The maximum Gasteiger partial charge on any atom is 0.503 e. The first-order valence-electron chi connectivity index (χ1n) is 12.3. The maximum atomic E-state index is 8.56. The first-order chi connectivity index (χ1) is 18.5. The van der Waals surface area contributed by atoms with Gasteiger partial charge in [0, 0.05) is 29.2 Å². The van der Waals surface area contributed by atoms with Crippen LogP contribution in [0.25, 0.3) is 33.6 Å². The molecule has 2 heterocycles. The summed E-state index contributed by atoms with van der Waals surface area (Å²) in [6.45, 7) is 1.95. The number of nitrogens with one attached hydrogen (secondary N) is 1. The summed E-state index contributed by atoms with van der Waals surface area (Å²) in [6, 6.07) is 29.8. The molecule has 1 aliphatic rings. The van der Waals surface area contributed by atoms with Crippen molar-refractivity contribution in [3.05, 3.63) is 109 Å². The fourth-order valence-corrected chi connectivity index (χ4v) is 4.35. The molecule has 1 fully saturated rings. The Balaban J connectivity index is 0.000000689. The first-order valence-corrected chi connectivity index (χ1v) is 12.3. The van der Waals surface area contributed by atoms with Crippen LogP contribution in [0.3, 0.4) is 0 Å². The predicted octanol–water partition coefficient (Wildman–Crippen LogP) is 8.22. The molecule has 0 saturated heterocycles. The molecule has 3 aromatic carbocycles. The van der Waals surface area contributed by atoms with E-state index in [9.17, 15) is 0 Å². The van der Waals surface area contributed by atoms with E-state index in [1.807, 2.05) is 31.3 Å². The summed E-state index contributed by atoms with van der Waals surface area (Å²) in [5.41, 5.74) is 9.73. The van der Waals surface area contributed by atoms with E-state index in [0.717, 1.165) is 45.4 Å². The van der Waals surface area contributed by atoms with Crippen LogP contribution < -0.4 is 5.32 Å². The predicted molar refractivity (Wildman–Crippen MR) is 148 cm³/mol. The van der Waals surface area contributed by atoms with Crippen molar-refractivity contribution in [2.24, 2.45) is 0 Å². The number of pyridine rings is 1. The molecule has 7 heteroatoms. The van der Waals surface area contributed by atoms with Crippen molar-refractivity contribution in [3.63, 3.8) is 0 Å². The Morgan fingerprint density at radius 2 is 1.47 bits per heavy atom. The first kappa shape index (κ1) is 24.8. The van der Waals surface area contributed by atoms with E-state index in [1.165, 1.54) is 29.5 Å². The van der Waals surface area contributed by atoms with Crippen LogP contribution in [0.4, 0.5) is 16.2 Å². The topological polar surface area (TPSA) is 108 Å². The molecule has 190 valence electrons. The molecular formula is C31H27N3O4. The zero-order valence-corrected chi connectivity index (χ0v) is 20.8. The van der Waals surface area contributed by atoms with Crippen molar-refractivity contribution in [1.29, 1.82) is 0 Å². The highest BCUT2D eigenvalue weighted by Crippen LogP contribution is 2.40. The van der Waals surface area contributed by atoms with E-state index in [1.54, 1.807) is 6.20 Å². The molecule has 0 bridgehead atoms. The molecule has 0 unspecified atom stereocenters. The van der Waals surface area contributed by atoms with Crippen LogP contribution in [0.15, 0.2) is 102 Å². The summed E-state index contributed by atoms with van der Waals surface area (Å²) in [5, 5.41) is 21.7. The zero-order chi connectivity index (χ0) is 26.5. The quantitative estimate of drug-likeness (QED) is 0.213. The number of aromatic nitrogens is 2. The third kappa shape index (κ3) is 5.90. The molecule has 3 N–H and O–H groups in total. The zero-order valence-electron chi connectivity index (χ0n) is 20.8. The van der Waals surface area contributed by atoms with Crippen molar-refractivity contribution >= 4 is 17.5 Å². The molecule has 6 rings (SSSR count). The Morgan fingerprint density at radius 3 is 2.11 bits per heavy atom. The highest BCUT2D eigenvalue weighted by Gasteiger charge is 2.23. The Bertz CT molecular complexity index is 1520. The fourth-order valence-electron chi connectivity index (χ4n) is 4.35. The molecule has 1 aliphatic carbocycles. The summed E-state index contributed by atoms with van der Waals surface area (Å²) in [6.07, 6.45) is 4.48. The number of aryl methyl sites for hydroxylation is 1. The Kier molecular flexibility index (Phi) is 7.17. The van der Waals surface area contributed by atoms with Gasteiger partial charge in [0.25, 0.3) is 0 Å². The molecule has 0 amide bonds. The molecule has 38 heavy (non-hydrogen) atoms. The van der Waals surface area contributed by atoms with E-state index in [-0.39, 0.29) is 0 Å². The van der Waals surface area contributed by atoms with E-state index < -0.39 is 6.16 Å².